The van der Waals surface area contributed by atoms with Crippen molar-refractivity contribution in [1.29, 1.82) is 0 Å². The Hall–Kier alpha value is -5.20. The zero-order valence-corrected chi connectivity index (χ0v) is 23.9. The standard InChI is InChI=1S/C32H32N4O8/c37-27-7-1-23(2-8-27)33-35-25-5-11-29-31(21-25)43-19-15-39-14-18-42-30-12-6-26(36-34-24-3-9-28(38)10-4-24)22-32(30)44-20-16-40-13-17-41-29/h1-12,21-22,37-38H,13-20H2. The number of hydrogen-bond donors (Lipinski definition) is 2. The van der Waals surface area contributed by atoms with Crippen LogP contribution in [0, 0.1) is 0 Å². The lowest BCUT2D eigenvalue weighted by Crippen LogP contribution is -2.15. The predicted octanol–water partition coefficient (Wildman–Crippen LogP) is 7.19. The van der Waals surface area contributed by atoms with E-state index in [-0.39, 0.29) is 24.7 Å². The number of hydrogen-bond acceptors (Lipinski definition) is 12. The van der Waals surface area contributed by atoms with Crippen LogP contribution in [0.15, 0.2) is 105 Å². The molecule has 44 heavy (non-hydrogen) atoms. The van der Waals surface area contributed by atoms with Crippen molar-refractivity contribution in [2.24, 2.45) is 20.5 Å². The Morgan fingerprint density at radius 3 is 1.07 bits per heavy atom. The minimum atomic E-state index is 0.161. The molecule has 1 heterocycles. The minimum Gasteiger partial charge on any atom is -0.508 e. The maximum atomic E-state index is 9.45. The summed E-state index contributed by atoms with van der Waals surface area (Å²) in [6, 6.07) is 23.4. The fourth-order valence-corrected chi connectivity index (χ4v) is 3.90. The zero-order valence-electron chi connectivity index (χ0n) is 23.9. The molecule has 0 bridgehead atoms. The quantitative estimate of drug-likeness (QED) is 0.234. The second kappa shape index (κ2) is 15.9. The van der Waals surface area contributed by atoms with Crippen LogP contribution in [-0.4, -0.2) is 63.1 Å². The van der Waals surface area contributed by atoms with Crippen LogP contribution in [-0.2, 0) is 9.47 Å². The van der Waals surface area contributed by atoms with Crippen molar-refractivity contribution in [3.05, 3.63) is 84.9 Å². The Bertz CT molecular complexity index is 1430. The molecular formula is C32H32N4O8. The molecular weight excluding hydrogens is 568 g/mol. The van der Waals surface area contributed by atoms with Crippen LogP contribution in [0.25, 0.3) is 0 Å². The highest BCUT2D eigenvalue weighted by Gasteiger charge is 2.10. The molecule has 2 N–H and O–H groups in total. The van der Waals surface area contributed by atoms with Gasteiger partial charge in [-0.1, -0.05) is 0 Å². The summed E-state index contributed by atoms with van der Waals surface area (Å²) in [7, 11) is 0. The minimum absolute atomic E-state index is 0.161. The molecule has 0 aliphatic carbocycles. The largest absolute Gasteiger partial charge is 0.508 e. The molecule has 0 saturated carbocycles. The van der Waals surface area contributed by atoms with Gasteiger partial charge in [-0.05, 0) is 72.8 Å². The van der Waals surface area contributed by atoms with Gasteiger partial charge < -0.3 is 38.6 Å². The Morgan fingerprint density at radius 1 is 0.364 bits per heavy atom. The van der Waals surface area contributed by atoms with E-state index in [4.69, 9.17) is 28.4 Å². The predicted molar refractivity (Wildman–Crippen MR) is 161 cm³/mol. The van der Waals surface area contributed by atoms with Crippen LogP contribution in [0.3, 0.4) is 0 Å². The third-order valence-corrected chi connectivity index (χ3v) is 6.06. The zero-order chi connectivity index (χ0) is 30.4. The summed E-state index contributed by atoms with van der Waals surface area (Å²) in [6.45, 7) is 2.46. The van der Waals surface area contributed by atoms with Gasteiger partial charge in [0, 0.05) is 12.1 Å². The number of phenolic OH excluding ortho intramolecular Hbond substituents is 2. The molecule has 4 aromatic carbocycles. The van der Waals surface area contributed by atoms with E-state index in [1.165, 1.54) is 0 Å². The molecule has 0 atom stereocenters. The van der Waals surface area contributed by atoms with Gasteiger partial charge in [-0.2, -0.15) is 20.5 Å². The average Bonchev–Trinajstić information content (AvgIpc) is 3.04. The molecule has 228 valence electrons. The first-order valence-electron chi connectivity index (χ1n) is 14.0. The summed E-state index contributed by atoms with van der Waals surface area (Å²) < 4.78 is 35.2. The van der Waals surface area contributed by atoms with E-state index in [0.717, 1.165) is 0 Å². The first-order chi connectivity index (χ1) is 21.6. The van der Waals surface area contributed by atoms with Crippen LogP contribution >= 0.6 is 0 Å². The lowest BCUT2D eigenvalue weighted by Gasteiger charge is -2.16. The smallest absolute Gasteiger partial charge is 0.163 e. The fourth-order valence-electron chi connectivity index (χ4n) is 3.90. The van der Waals surface area contributed by atoms with Crippen molar-refractivity contribution in [1.82, 2.24) is 0 Å². The second-order valence-electron chi connectivity index (χ2n) is 9.31. The van der Waals surface area contributed by atoms with Crippen LogP contribution in [0.4, 0.5) is 22.7 Å². The van der Waals surface area contributed by atoms with Gasteiger partial charge in [-0.15, -0.1) is 0 Å². The topological polar surface area (TPSA) is 145 Å². The van der Waals surface area contributed by atoms with E-state index in [9.17, 15) is 10.2 Å². The molecule has 0 amide bonds. The van der Waals surface area contributed by atoms with Crippen molar-refractivity contribution in [2.75, 3.05) is 52.9 Å². The number of rotatable bonds is 4. The SMILES string of the molecule is Oc1ccc(N=Nc2ccc3c(c2)OCCOCCOc2ccc(N=Nc4ccc(O)cc4)cc2OCCOCCO3)cc1. The third kappa shape index (κ3) is 9.41. The van der Waals surface area contributed by atoms with E-state index in [2.05, 4.69) is 20.5 Å². The molecule has 1 aliphatic heterocycles. The average molecular weight is 601 g/mol. The summed E-state index contributed by atoms with van der Waals surface area (Å²) in [4.78, 5) is 0. The first-order valence-corrected chi connectivity index (χ1v) is 14.0. The van der Waals surface area contributed by atoms with Gasteiger partial charge in [-0.25, -0.2) is 0 Å². The molecule has 12 nitrogen and oxygen atoms in total. The van der Waals surface area contributed by atoms with E-state index >= 15 is 0 Å². The van der Waals surface area contributed by atoms with Crippen LogP contribution in [0.5, 0.6) is 34.5 Å². The molecule has 0 unspecified atom stereocenters. The van der Waals surface area contributed by atoms with Crippen molar-refractivity contribution >= 4 is 22.7 Å². The van der Waals surface area contributed by atoms with Crippen molar-refractivity contribution in [3.8, 4) is 34.5 Å². The number of fused-ring (bicyclic) bond motifs is 2. The Balaban J connectivity index is 1.19. The molecule has 0 radical (unpaired) electrons. The Kier molecular flexibility index (Phi) is 10.9. The van der Waals surface area contributed by atoms with Crippen molar-refractivity contribution < 1.29 is 38.6 Å². The number of azo groups is 2. The molecule has 4 aromatic rings. The summed E-state index contributed by atoms with van der Waals surface area (Å²) in [5.74, 6) is 2.41. The maximum Gasteiger partial charge on any atom is 0.163 e. The van der Waals surface area contributed by atoms with Gasteiger partial charge in [-0.3, -0.25) is 0 Å². The van der Waals surface area contributed by atoms with E-state index < -0.39 is 0 Å². The summed E-state index contributed by atoms with van der Waals surface area (Å²) in [6.07, 6.45) is 0. The third-order valence-electron chi connectivity index (χ3n) is 6.06. The Morgan fingerprint density at radius 2 is 0.682 bits per heavy atom. The van der Waals surface area contributed by atoms with E-state index in [1.807, 2.05) is 0 Å². The van der Waals surface area contributed by atoms with Gasteiger partial charge in [0.25, 0.3) is 0 Å². The molecule has 0 fully saturated rings. The van der Waals surface area contributed by atoms with Gasteiger partial charge >= 0.3 is 0 Å². The maximum absolute atomic E-state index is 9.45. The lowest BCUT2D eigenvalue weighted by atomic mass is 10.3. The molecule has 0 saturated heterocycles. The lowest BCUT2D eigenvalue weighted by molar-refractivity contribution is 0.0640. The van der Waals surface area contributed by atoms with Gasteiger partial charge in [0.15, 0.2) is 23.0 Å². The molecule has 1 aliphatic rings. The summed E-state index contributed by atoms with van der Waals surface area (Å²) >= 11 is 0. The van der Waals surface area contributed by atoms with Crippen molar-refractivity contribution in [2.45, 2.75) is 0 Å². The molecule has 12 heteroatoms. The van der Waals surface area contributed by atoms with Gasteiger partial charge in [0.2, 0.25) is 0 Å². The van der Waals surface area contributed by atoms with Gasteiger partial charge in [0.05, 0.1) is 49.2 Å². The van der Waals surface area contributed by atoms with Crippen LogP contribution < -0.4 is 18.9 Å². The summed E-state index contributed by atoms with van der Waals surface area (Å²) in [5, 5.41) is 35.8. The second-order valence-corrected chi connectivity index (χ2v) is 9.31. The fraction of sp³-hybridized carbons (Fsp3) is 0.250. The molecule has 0 spiro atoms. The first kappa shape index (κ1) is 30.3. The van der Waals surface area contributed by atoms with Gasteiger partial charge in [0.1, 0.15) is 37.9 Å². The number of nitrogens with zero attached hydrogens (tertiary/aromatic N) is 4. The van der Waals surface area contributed by atoms with E-state index in [1.54, 1.807) is 84.9 Å². The highest BCUT2D eigenvalue weighted by atomic mass is 16.6. The number of aromatic hydroxyl groups is 2. The number of ether oxygens (including phenoxy) is 6. The number of benzene rings is 4. The highest BCUT2D eigenvalue weighted by Crippen LogP contribution is 2.34. The van der Waals surface area contributed by atoms with Crippen LogP contribution in [0.1, 0.15) is 0 Å². The van der Waals surface area contributed by atoms with Crippen molar-refractivity contribution in [3.63, 3.8) is 0 Å². The monoisotopic (exact) mass is 600 g/mol. The molecule has 5 rings (SSSR count). The Labute approximate surface area is 254 Å². The highest BCUT2D eigenvalue weighted by molar-refractivity contribution is 5.53. The van der Waals surface area contributed by atoms with Crippen LogP contribution in [0.2, 0.25) is 0 Å². The molecule has 0 aromatic heterocycles. The normalized spacial score (nSPS) is 15.1. The number of phenols is 2. The van der Waals surface area contributed by atoms with E-state index in [0.29, 0.717) is 85.4 Å². The summed E-state index contributed by atoms with van der Waals surface area (Å²) in [5.41, 5.74) is 2.37.